The lowest BCUT2D eigenvalue weighted by Gasteiger charge is -2.17. The Morgan fingerprint density at radius 1 is 0.958 bits per heavy atom. The zero-order valence-corrected chi connectivity index (χ0v) is 14.5. The van der Waals surface area contributed by atoms with E-state index in [1.54, 1.807) is 0 Å². The molecule has 2 nitrogen and oxygen atoms in total. The van der Waals surface area contributed by atoms with Crippen molar-refractivity contribution in [1.82, 2.24) is 9.78 Å². The zero-order valence-electron chi connectivity index (χ0n) is 14.5. The highest BCUT2D eigenvalue weighted by Gasteiger charge is 2.20. The minimum atomic E-state index is 0.250. The molecule has 0 spiro atoms. The number of benzene rings is 2. The summed E-state index contributed by atoms with van der Waals surface area (Å²) in [6.45, 7) is 8.67. The highest BCUT2D eigenvalue weighted by atomic mass is 15.3. The van der Waals surface area contributed by atoms with Crippen molar-refractivity contribution in [3.63, 3.8) is 0 Å². The van der Waals surface area contributed by atoms with Gasteiger partial charge in [-0.1, -0.05) is 69.3 Å². The molecule has 1 radical (unpaired) electrons. The van der Waals surface area contributed by atoms with Crippen molar-refractivity contribution < 1.29 is 0 Å². The first-order valence-electron chi connectivity index (χ1n) is 8.67. The standard InChI is InChI=1S/C22H25N2/c1-4-21(18-11-7-5-8-12-18)22-16-19(15-17(2)3)23-24(22)20-13-9-6-10-14-20/h5-14,16-17,21H,1,4,15H2,2-3H3. The fourth-order valence-corrected chi connectivity index (χ4v) is 3.16. The largest absolute Gasteiger partial charge is 0.237 e. The van der Waals surface area contributed by atoms with E-state index in [1.165, 1.54) is 11.3 Å². The number of nitrogens with zero attached hydrogens (tertiary/aromatic N) is 2. The van der Waals surface area contributed by atoms with Crippen LogP contribution in [0.25, 0.3) is 5.69 Å². The van der Waals surface area contributed by atoms with Crippen LogP contribution in [0.1, 0.15) is 43.1 Å². The molecule has 0 bridgehead atoms. The minimum Gasteiger partial charge on any atom is -0.237 e. The molecule has 2 aromatic carbocycles. The Hall–Kier alpha value is -2.35. The lowest BCUT2D eigenvalue weighted by atomic mass is 9.92. The van der Waals surface area contributed by atoms with Crippen molar-refractivity contribution in [3.8, 4) is 5.69 Å². The van der Waals surface area contributed by atoms with Gasteiger partial charge in [-0.25, -0.2) is 4.68 Å². The summed E-state index contributed by atoms with van der Waals surface area (Å²) in [6, 6.07) is 23.2. The number of hydrogen-bond donors (Lipinski definition) is 0. The number of aromatic nitrogens is 2. The van der Waals surface area contributed by atoms with E-state index in [0.717, 1.165) is 24.2 Å². The summed E-state index contributed by atoms with van der Waals surface area (Å²) < 4.78 is 2.10. The summed E-state index contributed by atoms with van der Waals surface area (Å²) >= 11 is 0. The molecular formula is C22H25N2. The van der Waals surface area contributed by atoms with Crippen molar-refractivity contribution in [3.05, 3.63) is 90.6 Å². The Morgan fingerprint density at radius 3 is 2.17 bits per heavy atom. The molecule has 1 atom stereocenters. The Labute approximate surface area is 145 Å². The van der Waals surface area contributed by atoms with Crippen molar-refractivity contribution in [2.75, 3.05) is 0 Å². The van der Waals surface area contributed by atoms with Gasteiger partial charge in [-0.2, -0.15) is 5.10 Å². The van der Waals surface area contributed by atoms with Crippen LogP contribution in [0.15, 0.2) is 66.7 Å². The van der Waals surface area contributed by atoms with E-state index in [2.05, 4.69) is 86.1 Å². The quantitative estimate of drug-likeness (QED) is 0.593. The number of para-hydroxylation sites is 1. The maximum Gasteiger partial charge on any atom is 0.0649 e. The first-order chi connectivity index (χ1) is 11.7. The predicted molar refractivity (Wildman–Crippen MR) is 100 cm³/mol. The average molecular weight is 317 g/mol. The van der Waals surface area contributed by atoms with Crippen LogP contribution in [0.2, 0.25) is 0 Å². The molecule has 0 amide bonds. The Balaban J connectivity index is 2.09. The van der Waals surface area contributed by atoms with Crippen LogP contribution < -0.4 is 0 Å². The van der Waals surface area contributed by atoms with E-state index < -0.39 is 0 Å². The minimum absolute atomic E-state index is 0.250. The Morgan fingerprint density at radius 2 is 1.58 bits per heavy atom. The van der Waals surface area contributed by atoms with Crippen LogP contribution in [0.3, 0.4) is 0 Å². The molecule has 0 aliphatic rings. The maximum absolute atomic E-state index is 4.90. The number of hydrogen-bond acceptors (Lipinski definition) is 1. The first-order valence-corrected chi connectivity index (χ1v) is 8.67. The molecule has 0 N–H and O–H groups in total. The summed E-state index contributed by atoms with van der Waals surface area (Å²) in [5, 5.41) is 4.90. The van der Waals surface area contributed by atoms with Crippen LogP contribution in [0.5, 0.6) is 0 Å². The number of rotatable bonds is 6. The van der Waals surface area contributed by atoms with Crippen LogP contribution in [-0.2, 0) is 6.42 Å². The molecule has 2 heteroatoms. The summed E-state index contributed by atoms with van der Waals surface area (Å²) in [5.41, 5.74) is 4.77. The molecule has 3 aromatic rings. The molecule has 123 valence electrons. The molecule has 0 aliphatic heterocycles. The average Bonchev–Trinajstić information content (AvgIpc) is 3.00. The maximum atomic E-state index is 4.90. The van der Waals surface area contributed by atoms with Gasteiger partial charge in [-0.05, 0) is 42.5 Å². The van der Waals surface area contributed by atoms with E-state index in [0.29, 0.717) is 5.92 Å². The fourth-order valence-electron chi connectivity index (χ4n) is 3.16. The van der Waals surface area contributed by atoms with Gasteiger partial charge >= 0.3 is 0 Å². The smallest absolute Gasteiger partial charge is 0.0649 e. The summed E-state index contributed by atoms with van der Waals surface area (Å²) in [7, 11) is 0. The lowest BCUT2D eigenvalue weighted by Crippen LogP contribution is -2.08. The molecule has 1 heterocycles. The fraction of sp³-hybridized carbons (Fsp3) is 0.273. The van der Waals surface area contributed by atoms with Gasteiger partial charge in [-0.15, -0.1) is 0 Å². The van der Waals surface area contributed by atoms with Crippen molar-refractivity contribution in [1.29, 1.82) is 0 Å². The van der Waals surface area contributed by atoms with Crippen molar-refractivity contribution >= 4 is 0 Å². The zero-order chi connectivity index (χ0) is 16.9. The molecule has 0 saturated heterocycles. The van der Waals surface area contributed by atoms with Gasteiger partial charge in [0.2, 0.25) is 0 Å². The molecule has 3 rings (SSSR count). The first kappa shape index (κ1) is 16.5. The van der Waals surface area contributed by atoms with Crippen LogP contribution in [-0.4, -0.2) is 9.78 Å². The summed E-state index contributed by atoms with van der Waals surface area (Å²) in [5.74, 6) is 0.840. The molecule has 1 aromatic heterocycles. The third-order valence-corrected chi connectivity index (χ3v) is 4.25. The summed E-state index contributed by atoms with van der Waals surface area (Å²) in [6.07, 6.45) is 1.80. The highest BCUT2D eigenvalue weighted by Crippen LogP contribution is 2.30. The second-order valence-electron chi connectivity index (χ2n) is 6.66. The van der Waals surface area contributed by atoms with Crippen LogP contribution >= 0.6 is 0 Å². The third-order valence-electron chi connectivity index (χ3n) is 4.25. The van der Waals surface area contributed by atoms with Gasteiger partial charge in [0.15, 0.2) is 0 Å². The van der Waals surface area contributed by atoms with Crippen LogP contribution in [0, 0.1) is 12.8 Å². The normalized spacial score (nSPS) is 12.5. The molecule has 0 fully saturated rings. The van der Waals surface area contributed by atoms with Crippen molar-refractivity contribution in [2.45, 2.75) is 32.6 Å². The SMILES string of the molecule is [CH2]CC(c1ccccc1)c1cc(CC(C)C)nn1-c1ccccc1. The third kappa shape index (κ3) is 3.59. The van der Waals surface area contributed by atoms with Crippen LogP contribution in [0.4, 0.5) is 0 Å². The van der Waals surface area contributed by atoms with Gasteiger partial charge in [0.25, 0.3) is 0 Å². The monoisotopic (exact) mass is 317 g/mol. The molecular weight excluding hydrogens is 292 g/mol. The molecule has 0 saturated carbocycles. The van der Waals surface area contributed by atoms with Gasteiger partial charge in [0, 0.05) is 5.92 Å². The Bertz CT molecular complexity index is 757. The molecule has 0 aliphatic carbocycles. The Kier molecular flexibility index (Phi) is 5.14. The van der Waals surface area contributed by atoms with Crippen molar-refractivity contribution in [2.24, 2.45) is 5.92 Å². The topological polar surface area (TPSA) is 17.8 Å². The predicted octanol–water partition coefficient (Wildman–Crippen LogP) is 5.43. The van der Waals surface area contributed by atoms with E-state index in [-0.39, 0.29) is 5.92 Å². The molecule has 1 unspecified atom stereocenters. The van der Waals surface area contributed by atoms with E-state index in [1.807, 2.05) is 6.07 Å². The highest BCUT2D eigenvalue weighted by molar-refractivity contribution is 5.38. The van der Waals surface area contributed by atoms with E-state index in [9.17, 15) is 0 Å². The molecule has 24 heavy (non-hydrogen) atoms. The second-order valence-corrected chi connectivity index (χ2v) is 6.66. The lowest BCUT2D eigenvalue weighted by molar-refractivity contribution is 0.626. The summed E-state index contributed by atoms with van der Waals surface area (Å²) in [4.78, 5) is 0. The van der Waals surface area contributed by atoms with E-state index in [4.69, 9.17) is 5.10 Å². The van der Waals surface area contributed by atoms with Gasteiger partial charge in [0.1, 0.15) is 0 Å². The van der Waals surface area contributed by atoms with Gasteiger partial charge in [0.05, 0.1) is 17.1 Å². The van der Waals surface area contributed by atoms with Gasteiger partial charge < -0.3 is 0 Å². The van der Waals surface area contributed by atoms with Gasteiger partial charge in [-0.3, -0.25) is 0 Å². The second kappa shape index (κ2) is 7.48. The van der Waals surface area contributed by atoms with E-state index >= 15 is 0 Å².